The van der Waals surface area contributed by atoms with E-state index in [1.807, 2.05) is 24.3 Å². The number of nitrogens with two attached hydrogens (primary N) is 1. The van der Waals surface area contributed by atoms with E-state index in [2.05, 4.69) is 0 Å². The molecule has 2 N–H and O–H groups in total. The first-order valence-corrected chi connectivity index (χ1v) is 5.11. The van der Waals surface area contributed by atoms with Crippen LogP contribution in [0.25, 0.3) is 11.3 Å². The Morgan fingerprint density at radius 2 is 2.12 bits per heavy atom. The summed E-state index contributed by atoms with van der Waals surface area (Å²) in [6.45, 7) is 0. The van der Waals surface area contributed by atoms with Gasteiger partial charge in [-0.05, 0) is 23.8 Å². The molecule has 17 heavy (non-hydrogen) atoms. The molecule has 0 unspecified atom stereocenters. The average molecular weight is 229 g/mol. The molecule has 0 saturated heterocycles. The van der Waals surface area contributed by atoms with Gasteiger partial charge in [-0.15, -0.1) is 0 Å². The molecule has 86 valence electrons. The van der Waals surface area contributed by atoms with Crippen molar-refractivity contribution in [1.82, 2.24) is 0 Å². The number of rotatable bonds is 4. The van der Waals surface area contributed by atoms with Gasteiger partial charge in [-0.3, -0.25) is 9.59 Å². The van der Waals surface area contributed by atoms with Crippen LogP contribution in [0.5, 0.6) is 0 Å². The predicted molar refractivity (Wildman–Crippen MR) is 62.4 cm³/mol. The summed E-state index contributed by atoms with van der Waals surface area (Å²) < 4.78 is 5.29. The zero-order valence-electron chi connectivity index (χ0n) is 9.05. The molecule has 0 bridgehead atoms. The van der Waals surface area contributed by atoms with E-state index in [-0.39, 0.29) is 18.1 Å². The molecule has 1 aromatic heterocycles. The number of carbonyl (C=O) groups is 2. The third kappa shape index (κ3) is 2.60. The van der Waals surface area contributed by atoms with Gasteiger partial charge in [-0.25, -0.2) is 0 Å². The Labute approximate surface area is 98.0 Å². The first kappa shape index (κ1) is 11.1. The number of hydrogen-bond donors (Lipinski definition) is 1. The maximum atomic E-state index is 10.8. The Morgan fingerprint density at radius 1 is 1.29 bits per heavy atom. The van der Waals surface area contributed by atoms with Crippen molar-refractivity contribution in [3.63, 3.8) is 0 Å². The summed E-state index contributed by atoms with van der Waals surface area (Å²) in [6.07, 6.45) is 0.839. The monoisotopic (exact) mass is 229 g/mol. The van der Waals surface area contributed by atoms with E-state index in [1.165, 1.54) is 0 Å². The highest BCUT2D eigenvalue weighted by molar-refractivity contribution is 5.77. The van der Waals surface area contributed by atoms with Crippen LogP contribution >= 0.6 is 0 Å². The Bertz CT molecular complexity index is 557. The van der Waals surface area contributed by atoms with Crippen LogP contribution in [-0.2, 0) is 11.2 Å². The Morgan fingerprint density at radius 3 is 2.76 bits per heavy atom. The lowest BCUT2D eigenvalue weighted by atomic mass is 10.1. The fourth-order valence-electron chi connectivity index (χ4n) is 1.61. The van der Waals surface area contributed by atoms with Gasteiger partial charge in [-0.1, -0.05) is 18.2 Å². The molecule has 0 aliphatic carbocycles. The summed E-state index contributed by atoms with van der Waals surface area (Å²) >= 11 is 0. The van der Waals surface area contributed by atoms with Gasteiger partial charge >= 0.3 is 0 Å². The molecule has 0 saturated carbocycles. The van der Waals surface area contributed by atoms with E-state index in [1.54, 1.807) is 12.1 Å². The highest BCUT2D eigenvalue weighted by atomic mass is 16.3. The Hall–Kier alpha value is -2.36. The number of hydrogen-bond acceptors (Lipinski definition) is 3. The molecule has 1 aromatic carbocycles. The maximum absolute atomic E-state index is 10.8. The largest absolute Gasteiger partial charge is 0.453 e. The van der Waals surface area contributed by atoms with Crippen molar-refractivity contribution >= 4 is 12.2 Å². The van der Waals surface area contributed by atoms with E-state index in [4.69, 9.17) is 10.2 Å². The van der Waals surface area contributed by atoms with Crippen molar-refractivity contribution in [1.29, 1.82) is 0 Å². The summed E-state index contributed by atoms with van der Waals surface area (Å²) in [5, 5.41) is 0. The van der Waals surface area contributed by atoms with Crippen LogP contribution in [0.4, 0.5) is 0 Å². The van der Waals surface area contributed by atoms with Crippen molar-refractivity contribution in [3.8, 4) is 11.3 Å². The minimum Gasteiger partial charge on any atom is -0.453 e. The van der Waals surface area contributed by atoms with E-state index < -0.39 is 0 Å². The van der Waals surface area contributed by atoms with Gasteiger partial charge in [0, 0.05) is 5.56 Å². The normalized spacial score (nSPS) is 10.1. The number of benzene rings is 1. The van der Waals surface area contributed by atoms with Crippen molar-refractivity contribution in [2.24, 2.45) is 5.73 Å². The van der Waals surface area contributed by atoms with Crippen molar-refractivity contribution in [2.75, 3.05) is 0 Å². The van der Waals surface area contributed by atoms with E-state index in [0.29, 0.717) is 12.0 Å². The van der Waals surface area contributed by atoms with Crippen molar-refractivity contribution < 1.29 is 14.0 Å². The maximum Gasteiger partial charge on any atom is 0.221 e. The third-order valence-electron chi connectivity index (χ3n) is 2.33. The zero-order valence-corrected chi connectivity index (χ0v) is 9.05. The molecular formula is C13H11NO3. The van der Waals surface area contributed by atoms with Crippen LogP contribution in [0.2, 0.25) is 0 Å². The molecule has 0 aliphatic rings. The third-order valence-corrected chi connectivity index (χ3v) is 2.33. The van der Waals surface area contributed by atoms with E-state index in [0.717, 1.165) is 11.1 Å². The molecule has 0 atom stereocenters. The molecule has 1 heterocycles. The standard InChI is InChI=1S/C13H11NO3/c14-13(16)7-9-2-1-3-10(6-9)12-5-4-11(8-15)17-12/h1-6,8H,7H2,(H2,14,16). The van der Waals surface area contributed by atoms with Crippen molar-refractivity contribution in [2.45, 2.75) is 6.42 Å². The molecule has 1 amide bonds. The topological polar surface area (TPSA) is 73.3 Å². The minimum atomic E-state index is -0.379. The van der Waals surface area contributed by atoms with Gasteiger partial charge in [0.1, 0.15) is 5.76 Å². The summed E-state index contributed by atoms with van der Waals surface area (Å²) in [7, 11) is 0. The summed E-state index contributed by atoms with van der Waals surface area (Å²) in [4.78, 5) is 21.3. The van der Waals surface area contributed by atoms with Crippen LogP contribution in [-0.4, -0.2) is 12.2 Å². The van der Waals surface area contributed by atoms with Gasteiger partial charge in [0.15, 0.2) is 12.0 Å². The predicted octanol–water partition coefficient (Wildman–Crippen LogP) is 1.79. The van der Waals surface area contributed by atoms with Gasteiger partial charge in [-0.2, -0.15) is 0 Å². The fraction of sp³-hybridized carbons (Fsp3) is 0.0769. The molecule has 4 heteroatoms. The number of primary amides is 1. The molecule has 0 spiro atoms. The van der Waals surface area contributed by atoms with E-state index in [9.17, 15) is 9.59 Å². The van der Waals surface area contributed by atoms with Crippen molar-refractivity contribution in [3.05, 3.63) is 47.7 Å². The number of furan rings is 1. The van der Waals surface area contributed by atoms with Crippen LogP contribution in [0.15, 0.2) is 40.8 Å². The van der Waals surface area contributed by atoms with Gasteiger partial charge < -0.3 is 10.2 Å². The Kier molecular flexibility index (Phi) is 3.05. The SMILES string of the molecule is NC(=O)Cc1cccc(-c2ccc(C=O)o2)c1. The highest BCUT2D eigenvalue weighted by Crippen LogP contribution is 2.22. The van der Waals surface area contributed by atoms with Crippen LogP contribution in [0, 0.1) is 0 Å². The number of amides is 1. The smallest absolute Gasteiger partial charge is 0.221 e. The first-order valence-electron chi connectivity index (χ1n) is 5.11. The second-order valence-corrected chi connectivity index (χ2v) is 3.66. The zero-order chi connectivity index (χ0) is 12.3. The number of carbonyl (C=O) groups excluding carboxylic acids is 2. The summed E-state index contributed by atoms with van der Waals surface area (Å²) in [5.74, 6) is 0.494. The number of aldehydes is 1. The van der Waals surface area contributed by atoms with Gasteiger partial charge in [0.05, 0.1) is 6.42 Å². The molecule has 0 radical (unpaired) electrons. The minimum absolute atomic E-state index is 0.190. The quantitative estimate of drug-likeness (QED) is 0.812. The fourth-order valence-corrected chi connectivity index (χ4v) is 1.61. The molecule has 2 aromatic rings. The first-order chi connectivity index (χ1) is 8.19. The summed E-state index contributed by atoms with van der Waals surface area (Å²) in [6, 6.07) is 10.6. The molecule has 0 fully saturated rings. The van der Waals surface area contributed by atoms with Crippen LogP contribution in [0.3, 0.4) is 0 Å². The van der Waals surface area contributed by atoms with Crippen LogP contribution < -0.4 is 5.73 Å². The lowest BCUT2D eigenvalue weighted by Crippen LogP contribution is -2.13. The van der Waals surface area contributed by atoms with Gasteiger partial charge in [0.2, 0.25) is 5.91 Å². The van der Waals surface area contributed by atoms with Crippen LogP contribution in [0.1, 0.15) is 16.1 Å². The molecular weight excluding hydrogens is 218 g/mol. The molecule has 2 rings (SSSR count). The second kappa shape index (κ2) is 4.65. The van der Waals surface area contributed by atoms with E-state index >= 15 is 0 Å². The van der Waals surface area contributed by atoms with Gasteiger partial charge in [0.25, 0.3) is 0 Å². The lowest BCUT2D eigenvalue weighted by Gasteiger charge is -2.01. The average Bonchev–Trinajstić information content (AvgIpc) is 2.77. The lowest BCUT2D eigenvalue weighted by molar-refractivity contribution is -0.117. The Balaban J connectivity index is 2.32. The second-order valence-electron chi connectivity index (χ2n) is 3.66. The molecule has 0 aliphatic heterocycles. The summed E-state index contributed by atoms with van der Waals surface area (Å²) in [5.41, 5.74) is 6.77. The highest BCUT2D eigenvalue weighted by Gasteiger charge is 2.05. The molecule has 4 nitrogen and oxygen atoms in total.